The van der Waals surface area contributed by atoms with Crippen molar-refractivity contribution in [3.05, 3.63) is 23.7 Å². The molecule has 1 aliphatic rings. The Balaban J connectivity index is 1.68. The van der Waals surface area contributed by atoms with E-state index in [0.29, 0.717) is 12.3 Å². The molecule has 1 fully saturated rings. The monoisotopic (exact) mass is 247 g/mol. The summed E-state index contributed by atoms with van der Waals surface area (Å²) in [6.45, 7) is 1.92. The Morgan fingerprint density at radius 1 is 1.53 bits per heavy atom. The van der Waals surface area contributed by atoms with Crippen molar-refractivity contribution in [2.24, 2.45) is 5.92 Å². The molecule has 88 valence electrons. The van der Waals surface area contributed by atoms with E-state index in [-0.39, 0.29) is 5.91 Å². The molecule has 0 unspecified atom stereocenters. The fraction of sp³-hybridized carbons (Fsp3) is 0.333. The third-order valence-electron chi connectivity index (χ3n) is 2.96. The van der Waals surface area contributed by atoms with Gasteiger partial charge in [-0.15, -0.1) is 11.3 Å². The summed E-state index contributed by atoms with van der Waals surface area (Å²) in [5, 5.41) is 6.10. The number of hydrogen-bond acceptors (Lipinski definition) is 4. The minimum Gasteiger partial charge on any atom is -0.326 e. The molecule has 2 aromatic rings. The Labute approximate surface area is 103 Å². The number of amides is 1. The average molecular weight is 247 g/mol. The van der Waals surface area contributed by atoms with Gasteiger partial charge in [-0.3, -0.25) is 4.79 Å². The van der Waals surface area contributed by atoms with E-state index in [4.69, 9.17) is 0 Å². The summed E-state index contributed by atoms with van der Waals surface area (Å²) < 4.78 is 1.10. The fourth-order valence-electron chi connectivity index (χ4n) is 1.90. The molecule has 1 amide bonds. The molecule has 1 aromatic heterocycles. The van der Waals surface area contributed by atoms with E-state index in [0.717, 1.165) is 29.0 Å². The van der Waals surface area contributed by atoms with Gasteiger partial charge < -0.3 is 10.6 Å². The van der Waals surface area contributed by atoms with Gasteiger partial charge in [-0.1, -0.05) is 0 Å². The van der Waals surface area contributed by atoms with Gasteiger partial charge in [0.2, 0.25) is 5.91 Å². The van der Waals surface area contributed by atoms with Crippen LogP contribution in [0.5, 0.6) is 0 Å². The summed E-state index contributed by atoms with van der Waals surface area (Å²) in [6.07, 6.45) is 0.605. The van der Waals surface area contributed by atoms with Gasteiger partial charge in [-0.25, -0.2) is 4.98 Å². The van der Waals surface area contributed by atoms with Crippen molar-refractivity contribution in [2.75, 3.05) is 18.4 Å². The summed E-state index contributed by atoms with van der Waals surface area (Å²) in [4.78, 5) is 15.9. The first-order chi connectivity index (χ1) is 8.31. The minimum atomic E-state index is 0.0976. The molecule has 5 heteroatoms. The Kier molecular flexibility index (Phi) is 2.78. The van der Waals surface area contributed by atoms with Gasteiger partial charge in [0.15, 0.2) is 0 Å². The molecule has 1 aromatic carbocycles. The van der Waals surface area contributed by atoms with Crippen LogP contribution in [0.2, 0.25) is 0 Å². The van der Waals surface area contributed by atoms with Crippen molar-refractivity contribution in [1.82, 2.24) is 10.3 Å². The second kappa shape index (κ2) is 4.43. The van der Waals surface area contributed by atoms with E-state index in [2.05, 4.69) is 15.6 Å². The number of nitrogens with zero attached hydrogens (tertiary/aromatic N) is 1. The van der Waals surface area contributed by atoms with Gasteiger partial charge >= 0.3 is 0 Å². The second-order valence-electron chi connectivity index (χ2n) is 4.31. The van der Waals surface area contributed by atoms with Crippen LogP contribution in [0.4, 0.5) is 5.69 Å². The number of hydrogen-bond donors (Lipinski definition) is 2. The molecule has 17 heavy (non-hydrogen) atoms. The van der Waals surface area contributed by atoms with Crippen LogP contribution in [0.25, 0.3) is 10.2 Å². The highest BCUT2D eigenvalue weighted by molar-refractivity contribution is 7.16. The number of carbonyl (C=O) groups excluding carboxylic acids is 1. The zero-order valence-corrected chi connectivity index (χ0v) is 10.1. The number of anilines is 1. The minimum absolute atomic E-state index is 0.0976. The van der Waals surface area contributed by atoms with Crippen molar-refractivity contribution in [3.8, 4) is 0 Å². The van der Waals surface area contributed by atoms with E-state index >= 15 is 0 Å². The number of carbonyl (C=O) groups is 1. The van der Waals surface area contributed by atoms with Crippen molar-refractivity contribution >= 4 is 33.1 Å². The number of thiazole rings is 1. The summed E-state index contributed by atoms with van der Waals surface area (Å²) in [7, 11) is 0. The fourth-order valence-corrected chi connectivity index (χ4v) is 2.62. The second-order valence-corrected chi connectivity index (χ2v) is 5.20. The lowest BCUT2D eigenvalue weighted by atomic mass is 9.99. The van der Waals surface area contributed by atoms with Crippen LogP contribution in [0.1, 0.15) is 6.42 Å². The van der Waals surface area contributed by atoms with Crippen LogP contribution in [-0.4, -0.2) is 24.0 Å². The normalized spacial score (nSPS) is 15.8. The molecule has 0 saturated carbocycles. The van der Waals surface area contributed by atoms with Crippen molar-refractivity contribution in [1.29, 1.82) is 0 Å². The van der Waals surface area contributed by atoms with Crippen LogP contribution in [0, 0.1) is 5.92 Å². The molecule has 0 aliphatic carbocycles. The Bertz CT molecular complexity index is 547. The summed E-state index contributed by atoms with van der Waals surface area (Å²) in [6, 6.07) is 5.81. The third-order valence-corrected chi connectivity index (χ3v) is 3.75. The lowest BCUT2D eigenvalue weighted by Crippen LogP contribution is -2.43. The first kappa shape index (κ1) is 10.7. The number of benzene rings is 1. The third kappa shape index (κ3) is 2.30. The van der Waals surface area contributed by atoms with Crippen LogP contribution >= 0.6 is 11.3 Å². The van der Waals surface area contributed by atoms with Gasteiger partial charge in [0.25, 0.3) is 0 Å². The summed E-state index contributed by atoms with van der Waals surface area (Å²) in [5.41, 5.74) is 3.66. The van der Waals surface area contributed by atoms with E-state index < -0.39 is 0 Å². The standard InChI is InChI=1S/C12H13N3OS/c16-12(3-8-5-13-6-8)15-9-1-2-10-11(4-9)17-7-14-10/h1-2,4,7-8,13H,3,5-6H2,(H,15,16). The number of aromatic nitrogens is 1. The largest absolute Gasteiger partial charge is 0.326 e. The van der Waals surface area contributed by atoms with Gasteiger partial charge in [0, 0.05) is 12.1 Å². The molecule has 0 radical (unpaired) electrons. The average Bonchev–Trinajstić information content (AvgIpc) is 2.71. The van der Waals surface area contributed by atoms with Gasteiger partial charge in [0.05, 0.1) is 15.7 Å². The molecule has 1 saturated heterocycles. The predicted octanol–water partition coefficient (Wildman–Crippen LogP) is 1.84. The number of fused-ring (bicyclic) bond motifs is 1. The predicted molar refractivity (Wildman–Crippen MR) is 69.2 cm³/mol. The highest BCUT2D eigenvalue weighted by atomic mass is 32.1. The van der Waals surface area contributed by atoms with Crippen molar-refractivity contribution < 1.29 is 4.79 Å². The molecular weight excluding hydrogens is 234 g/mol. The Morgan fingerprint density at radius 2 is 2.41 bits per heavy atom. The molecule has 2 N–H and O–H groups in total. The zero-order valence-electron chi connectivity index (χ0n) is 9.27. The molecule has 2 heterocycles. The maximum absolute atomic E-state index is 11.7. The van der Waals surface area contributed by atoms with Crippen LogP contribution in [0.15, 0.2) is 23.7 Å². The van der Waals surface area contributed by atoms with Crippen molar-refractivity contribution in [2.45, 2.75) is 6.42 Å². The van der Waals surface area contributed by atoms with E-state index in [1.54, 1.807) is 11.3 Å². The smallest absolute Gasteiger partial charge is 0.224 e. The maximum atomic E-state index is 11.7. The lowest BCUT2D eigenvalue weighted by Gasteiger charge is -2.26. The number of rotatable bonds is 3. The van der Waals surface area contributed by atoms with Crippen LogP contribution in [0.3, 0.4) is 0 Å². The Morgan fingerprint density at radius 3 is 3.18 bits per heavy atom. The molecule has 0 spiro atoms. The Hall–Kier alpha value is -1.46. The maximum Gasteiger partial charge on any atom is 0.224 e. The summed E-state index contributed by atoms with van der Waals surface area (Å²) in [5.74, 6) is 0.600. The first-order valence-electron chi connectivity index (χ1n) is 5.65. The molecule has 1 aliphatic heterocycles. The van der Waals surface area contributed by atoms with Gasteiger partial charge in [-0.2, -0.15) is 0 Å². The quantitative estimate of drug-likeness (QED) is 0.870. The molecule has 0 bridgehead atoms. The van der Waals surface area contributed by atoms with Crippen LogP contribution < -0.4 is 10.6 Å². The highest BCUT2D eigenvalue weighted by Gasteiger charge is 2.20. The molecule has 3 rings (SSSR count). The molecule has 4 nitrogen and oxygen atoms in total. The topological polar surface area (TPSA) is 54.0 Å². The highest BCUT2D eigenvalue weighted by Crippen LogP contribution is 2.22. The van der Waals surface area contributed by atoms with Gasteiger partial charge in [0.1, 0.15) is 0 Å². The molecular formula is C12H13N3OS. The van der Waals surface area contributed by atoms with E-state index in [1.807, 2.05) is 23.7 Å². The first-order valence-corrected chi connectivity index (χ1v) is 6.53. The van der Waals surface area contributed by atoms with E-state index in [9.17, 15) is 4.79 Å². The zero-order chi connectivity index (χ0) is 11.7. The van der Waals surface area contributed by atoms with E-state index in [1.165, 1.54) is 0 Å². The summed E-state index contributed by atoms with van der Waals surface area (Å²) >= 11 is 1.59. The number of nitrogens with one attached hydrogen (secondary N) is 2. The SMILES string of the molecule is O=C(CC1CNC1)Nc1ccc2ncsc2c1. The van der Waals surface area contributed by atoms with Crippen LogP contribution in [-0.2, 0) is 4.79 Å². The molecule has 0 atom stereocenters. The van der Waals surface area contributed by atoms with Crippen molar-refractivity contribution in [3.63, 3.8) is 0 Å². The van der Waals surface area contributed by atoms with Gasteiger partial charge in [-0.05, 0) is 37.2 Å². The lowest BCUT2D eigenvalue weighted by molar-refractivity contribution is -0.117.